The minimum atomic E-state index is -0.850. The lowest BCUT2D eigenvalue weighted by Crippen LogP contribution is -2.38. The average Bonchev–Trinajstić information content (AvgIpc) is 3.36. The average molecular weight is 384 g/mol. The zero-order chi connectivity index (χ0) is 20.0. The summed E-state index contributed by atoms with van der Waals surface area (Å²) >= 11 is 0. The molecular formula is C19H16N2O7. The number of allylic oxidation sites excluding steroid dienone is 2. The molecule has 1 aliphatic heterocycles. The zero-order valence-corrected chi connectivity index (χ0v) is 14.6. The third kappa shape index (κ3) is 2.88. The number of imide groups is 1. The van der Waals surface area contributed by atoms with Gasteiger partial charge in [-0.3, -0.25) is 34.2 Å². The molecule has 1 aromatic rings. The number of non-ortho nitro benzene ring substituents is 1. The van der Waals surface area contributed by atoms with Gasteiger partial charge >= 0.3 is 5.97 Å². The molecule has 1 saturated carbocycles. The van der Waals surface area contributed by atoms with E-state index in [0.717, 1.165) is 11.3 Å². The van der Waals surface area contributed by atoms with Crippen molar-refractivity contribution in [1.82, 2.24) is 4.90 Å². The fourth-order valence-corrected chi connectivity index (χ4v) is 4.29. The van der Waals surface area contributed by atoms with E-state index in [4.69, 9.17) is 4.74 Å². The van der Waals surface area contributed by atoms with Gasteiger partial charge in [0.05, 0.1) is 16.8 Å². The molecule has 4 atom stereocenters. The van der Waals surface area contributed by atoms with Gasteiger partial charge in [-0.15, -0.1) is 0 Å². The van der Waals surface area contributed by atoms with Gasteiger partial charge in [0.1, 0.15) is 6.54 Å². The zero-order valence-electron chi connectivity index (χ0n) is 14.6. The second-order valence-corrected chi connectivity index (χ2v) is 7.15. The topological polar surface area (TPSA) is 124 Å². The van der Waals surface area contributed by atoms with E-state index in [1.165, 1.54) is 24.3 Å². The molecule has 0 radical (unpaired) electrons. The Morgan fingerprint density at radius 3 is 2.18 bits per heavy atom. The number of carbonyl (C=O) groups excluding carboxylic acids is 4. The van der Waals surface area contributed by atoms with Gasteiger partial charge in [-0.2, -0.15) is 0 Å². The highest BCUT2D eigenvalue weighted by molar-refractivity contribution is 6.08. The first kappa shape index (κ1) is 18.0. The highest BCUT2D eigenvalue weighted by Gasteiger charge is 2.59. The molecule has 2 aliphatic carbocycles. The van der Waals surface area contributed by atoms with Crippen LogP contribution < -0.4 is 0 Å². The van der Waals surface area contributed by atoms with Crippen molar-refractivity contribution in [3.8, 4) is 0 Å². The number of hydrogen-bond acceptors (Lipinski definition) is 7. The minimum Gasteiger partial charge on any atom is -0.456 e. The van der Waals surface area contributed by atoms with E-state index in [1.807, 2.05) is 12.2 Å². The molecule has 2 amide bonds. The molecule has 3 aliphatic rings. The lowest BCUT2D eigenvalue weighted by Gasteiger charge is -2.16. The number of benzene rings is 1. The summed E-state index contributed by atoms with van der Waals surface area (Å²) in [5.41, 5.74) is -0.00230. The maximum Gasteiger partial charge on any atom is 0.326 e. The summed E-state index contributed by atoms with van der Waals surface area (Å²) in [5.74, 6) is -2.78. The molecule has 1 aromatic carbocycles. The quantitative estimate of drug-likeness (QED) is 0.180. The summed E-state index contributed by atoms with van der Waals surface area (Å²) in [4.78, 5) is 60.1. The first-order chi connectivity index (χ1) is 13.4. The summed E-state index contributed by atoms with van der Waals surface area (Å²) < 4.78 is 4.90. The van der Waals surface area contributed by atoms with Gasteiger partial charge in [-0.05, 0) is 30.4 Å². The van der Waals surface area contributed by atoms with Gasteiger partial charge in [0, 0.05) is 17.7 Å². The van der Waals surface area contributed by atoms with Crippen molar-refractivity contribution in [1.29, 1.82) is 0 Å². The number of rotatable bonds is 6. The maximum atomic E-state index is 12.5. The van der Waals surface area contributed by atoms with E-state index in [0.29, 0.717) is 0 Å². The summed E-state index contributed by atoms with van der Waals surface area (Å²) in [6, 6.07) is 4.90. The first-order valence-corrected chi connectivity index (χ1v) is 8.83. The number of amides is 2. The fraction of sp³-hybridized carbons (Fsp3) is 0.368. The minimum absolute atomic E-state index is 0.0520. The maximum absolute atomic E-state index is 12.5. The van der Waals surface area contributed by atoms with Crippen molar-refractivity contribution in [2.24, 2.45) is 23.7 Å². The number of fused-ring (bicyclic) bond motifs is 5. The molecule has 9 heteroatoms. The number of esters is 1. The number of ketones is 1. The number of nitrogens with zero attached hydrogens (tertiary/aromatic N) is 2. The second-order valence-electron chi connectivity index (χ2n) is 7.15. The van der Waals surface area contributed by atoms with E-state index in [1.54, 1.807) is 0 Å². The molecular weight excluding hydrogens is 368 g/mol. The SMILES string of the molecule is O=C(CN1C(=O)[C@@H]2[C@H](C1=O)[C@@H]1C=C[C@H]2C1)OCC(=O)c1ccc([N+](=O)[O-])cc1. The molecule has 144 valence electrons. The van der Waals surface area contributed by atoms with Gasteiger partial charge in [0.2, 0.25) is 11.8 Å². The molecule has 0 aromatic heterocycles. The standard InChI is InChI=1S/C19H16N2O7/c22-14(10-3-5-13(6-4-10)21(26)27)9-28-15(23)8-20-18(24)16-11-1-2-12(7-11)17(16)19(20)25/h1-6,11-12,16-17H,7-9H2/t11-,12+,16-,17+. The Hall–Kier alpha value is -3.36. The lowest BCUT2D eigenvalue weighted by molar-refractivity contribution is -0.384. The van der Waals surface area contributed by atoms with E-state index in [9.17, 15) is 29.3 Å². The van der Waals surface area contributed by atoms with Crippen LogP contribution in [0.1, 0.15) is 16.8 Å². The van der Waals surface area contributed by atoms with E-state index >= 15 is 0 Å². The van der Waals surface area contributed by atoms with Crippen LogP contribution in [0.5, 0.6) is 0 Å². The molecule has 0 N–H and O–H groups in total. The Morgan fingerprint density at radius 1 is 1.07 bits per heavy atom. The van der Waals surface area contributed by atoms with Crippen molar-refractivity contribution in [2.45, 2.75) is 6.42 Å². The highest BCUT2D eigenvalue weighted by atomic mass is 16.6. The van der Waals surface area contributed by atoms with E-state index in [-0.39, 0.29) is 34.9 Å². The van der Waals surface area contributed by atoms with Crippen LogP contribution in [-0.2, 0) is 19.1 Å². The van der Waals surface area contributed by atoms with E-state index < -0.39 is 41.7 Å². The van der Waals surface area contributed by atoms with Gasteiger partial charge in [0.25, 0.3) is 5.69 Å². The molecule has 2 fully saturated rings. The molecule has 28 heavy (non-hydrogen) atoms. The fourth-order valence-electron chi connectivity index (χ4n) is 4.29. The third-order valence-corrected chi connectivity index (χ3v) is 5.61. The van der Waals surface area contributed by atoms with Gasteiger partial charge in [-0.25, -0.2) is 0 Å². The summed E-state index contributed by atoms with van der Waals surface area (Å²) in [7, 11) is 0. The van der Waals surface area contributed by atoms with Crippen LogP contribution in [0.3, 0.4) is 0 Å². The van der Waals surface area contributed by atoms with Crippen LogP contribution in [-0.4, -0.2) is 46.5 Å². The molecule has 0 unspecified atom stereocenters. The normalized spacial score (nSPS) is 27.2. The molecule has 4 rings (SSSR count). The molecule has 9 nitrogen and oxygen atoms in total. The lowest BCUT2D eigenvalue weighted by atomic mass is 9.85. The number of carbonyl (C=O) groups is 4. The van der Waals surface area contributed by atoms with Crippen LogP contribution in [0.4, 0.5) is 5.69 Å². The van der Waals surface area contributed by atoms with Crippen molar-refractivity contribution >= 4 is 29.3 Å². The Balaban J connectivity index is 1.32. The third-order valence-electron chi connectivity index (χ3n) is 5.61. The predicted molar refractivity (Wildman–Crippen MR) is 92.8 cm³/mol. The Bertz CT molecular complexity index is 891. The molecule has 0 spiro atoms. The second kappa shape index (κ2) is 6.66. The number of hydrogen-bond donors (Lipinski definition) is 0. The summed E-state index contributed by atoms with van der Waals surface area (Å²) in [5, 5.41) is 10.6. The van der Waals surface area contributed by atoms with Crippen LogP contribution in [0.2, 0.25) is 0 Å². The summed E-state index contributed by atoms with van der Waals surface area (Å²) in [6.07, 6.45) is 4.72. The molecule has 1 heterocycles. The monoisotopic (exact) mass is 384 g/mol. The largest absolute Gasteiger partial charge is 0.456 e. The first-order valence-electron chi connectivity index (χ1n) is 8.83. The molecule has 2 bridgehead atoms. The Labute approximate surface area is 159 Å². The molecule has 1 saturated heterocycles. The van der Waals surface area contributed by atoms with Crippen LogP contribution in [0, 0.1) is 33.8 Å². The number of ether oxygens (including phenoxy) is 1. The Kier molecular flexibility index (Phi) is 4.29. The Morgan fingerprint density at radius 2 is 1.64 bits per heavy atom. The number of Topliss-reactive ketones (excluding diaryl/α,β-unsaturated/α-hetero) is 1. The number of likely N-dealkylation sites (tertiary alicyclic amines) is 1. The van der Waals surface area contributed by atoms with Gasteiger partial charge in [-0.1, -0.05) is 12.2 Å². The number of nitro groups is 1. The van der Waals surface area contributed by atoms with Gasteiger partial charge in [0.15, 0.2) is 12.4 Å². The van der Waals surface area contributed by atoms with Crippen LogP contribution in [0.15, 0.2) is 36.4 Å². The summed E-state index contributed by atoms with van der Waals surface area (Å²) in [6.45, 7) is -1.09. The highest BCUT2D eigenvalue weighted by Crippen LogP contribution is 2.52. The smallest absolute Gasteiger partial charge is 0.326 e. The van der Waals surface area contributed by atoms with Crippen LogP contribution in [0.25, 0.3) is 0 Å². The van der Waals surface area contributed by atoms with Crippen molar-refractivity contribution in [3.05, 3.63) is 52.1 Å². The van der Waals surface area contributed by atoms with Crippen molar-refractivity contribution in [2.75, 3.05) is 13.2 Å². The van der Waals surface area contributed by atoms with Gasteiger partial charge < -0.3 is 4.74 Å². The van der Waals surface area contributed by atoms with Crippen molar-refractivity contribution in [3.63, 3.8) is 0 Å². The van der Waals surface area contributed by atoms with E-state index in [2.05, 4.69) is 0 Å². The van der Waals surface area contributed by atoms with Crippen molar-refractivity contribution < 1.29 is 28.8 Å². The van der Waals surface area contributed by atoms with Crippen LogP contribution >= 0.6 is 0 Å². The predicted octanol–water partition coefficient (Wildman–Crippen LogP) is 1.13. The number of nitro benzene ring substituents is 1.